The van der Waals surface area contributed by atoms with Crippen LogP contribution in [0.5, 0.6) is 0 Å². The summed E-state index contributed by atoms with van der Waals surface area (Å²) in [4.78, 5) is 2.35. The Bertz CT molecular complexity index is 3510. The smallest absolute Gasteiger partial charge is 0.136 e. The van der Waals surface area contributed by atoms with Gasteiger partial charge in [0, 0.05) is 44.3 Å². The minimum absolute atomic E-state index is 0.909. The lowest BCUT2D eigenvalue weighted by atomic mass is 9.97. The van der Waals surface area contributed by atoms with Crippen molar-refractivity contribution in [2.45, 2.75) is 0 Å². The Morgan fingerprint density at radius 2 is 0.683 bits per heavy atom. The van der Waals surface area contributed by atoms with Gasteiger partial charge in [-0.2, -0.15) is 0 Å². The molecule has 0 unspecified atom stereocenters. The first kappa shape index (κ1) is 36.5. The highest BCUT2D eigenvalue weighted by atomic mass is 16.3. The van der Waals surface area contributed by atoms with Crippen LogP contribution in [0.2, 0.25) is 0 Å². The van der Waals surface area contributed by atoms with E-state index in [-0.39, 0.29) is 0 Å². The molecule has 0 spiro atoms. The number of hydrogen-bond acceptors (Lipinski definition) is 2. The SMILES string of the molecule is c1ccc(-c2ccc(-c3ccc(N(c4ccc(-c5ccc(-c6cccc7oc8ccccc8c67)cc5)cc4)c4ccc(-n5c6ccccc6c6ccccc65)cc4)cc3)cc2)cc1. The zero-order valence-electron chi connectivity index (χ0n) is 34.4. The second-order valence-corrected chi connectivity index (χ2v) is 16.1. The van der Waals surface area contributed by atoms with E-state index in [9.17, 15) is 0 Å². The van der Waals surface area contributed by atoms with E-state index < -0.39 is 0 Å². The number of anilines is 3. The molecule has 0 bridgehead atoms. The number of para-hydroxylation sites is 3. The average Bonchev–Trinajstić information content (AvgIpc) is 3.91. The molecule has 0 radical (unpaired) electrons. The van der Waals surface area contributed by atoms with Crippen molar-refractivity contribution in [3.8, 4) is 50.2 Å². The summed E-state index contributed by atoms with van der Waals surface area (Å²) in [6.45, 7) is 0. The number of benzene rings is 10. The highest BCUT2D eigenvalue weighted by Gasteiger charge is 2.17. The van der Waals surface area contributed by atoms with Crippen molar-refractivity contribution in [1.82, 2.24) is 4.57 Å². The van der Waals surface area contributed by atoms with Gasteiger partial charge in [0.05, 0.1) is 11.0 Å². The third-order valence-corrected chi connectivity index (χ3v) is 12.5. The van der Waals surface area contributed by atoms with Crippen molar-refractivity contribution in [1.29, 1.82) is 0 Å². The first-order valence-electron chi connectivity index (χ1n) is 21.5. The third kappa shape index (κ3) is 6.46. The molecule has 10 aromatic carbocycles. The van der Waals surface area contributed by atoms with Gasteiger partial charge >= 0.3 is 0 Å². The predicted molar refractivity (Wildman–Crippen MR) is 264 cm³/mol. The minimum atomic E-state index is 0.909. The molecule has 0 fully saturated rings. The highest BCUT2D eigenvalue weighted by molar-refractivity contribution is 6.12. The predicted octanol–water partition coefficient (Wildman–Crippen LogP) is 16.8. The van der Waals surface area contributed by atoms with E-state index >= 15 is 0 Å². The Kier molecular flexibility index (Phi) is 8.83. The molecule has 0 atom stereocenters. The fraction of sp³-hybridized carbons (Fsp3) is 0. The first-order chi connectivity index (χ1) is 31.2. The van der Waals surface area contributed by atoms with Crippen molar-refractivity contribution < 1.29 is 4.42 Å². The zero-order chi connectivity index (χ0) is 41.7. The van der Waals surface area contributed by atoms with Gasteiger partial charge in [-0.05, 0) is 117 Å². The quantitative estimate of drug-likeness (QED) is 0.153. The van der Waals surface area contributed by atoms with Crippen molar-refractivity contribution >= 4 is 60.8 Å². The molecule has 2 heterocycles. The molecule has 0 N–H and O–H groups in total. The van der Waals surface area contributed by atoms with Gasteiger partial charge in [-0.25, -0.2) is 0 Å². The van der Waals surface area contributed by atoms with Crippen LogP contribution < -0.4 is 4.90 Å². The third-order valence-electron chi connectivity index (χ3n) is 12.5. The van der Waals surface area contributed by atoms with E-state index in [0.717, 1.165) is 50.3 Å². The van der Waals surface area contributed by atoms with Crippen molar-refractivity contribution in [2.75, 3.05) is 4.90 Å². The molecule has 3 nitrogen and oxygen atoms in total. The van der Waals surface area contributed by atoms with Crippen molar-refractivity contribution in [2.24, 2.45) is 0 Å². The molecule has 2 aromatic heterocycles. The van der Waals surface area contributed by atoms with Crippen molar-refractivity contribution in [3.05, 3.63) is 243 Å². The monoisotopic (exact) mass is 804 g/mol. The summed E-state index contributed by atoms with van der Waals surface area (Å²) in [5, 5.41) is 4.81. The van der Waals surface area contributed by atoms with Crippen LogP contribution in [0.3, 0.4) is 0 Å². The molecule has 12 rings (SSSR count). The Labute approximate surface area is 366 Å². The molecule has 0 aliphatic carbocycles. The highest BCUT2D eigenvalue weighted by Crippen LogP contribution is 2.40. The topological polar surface area (TPSA) is 21.3 Å². The molecule has 0 saturated heterocycles. The molecule has 12 aromatic rings. The lowest BCUT2D eigenvalue weighted by molar-refractivity contribution is 0.669. The molecule has 3 heteroatoms. The normalized spacial score (nSPS) is 11.5. The molecule has 63 heavy (non-hydrogen) atoms. The minimum Gasteiger partial charge on any atom is -0.456 e. The summed E-state index contributed by atoms with van der Waals surface area (Å²) < 4.78 is 8.56. The maximum Gasteiger partial charge on any atom is 0.136 e. The summed E-state index contributed by atoms with van der Waals surface area (Å²) in [5.41, 5.74) is 18.1. The van der Waals surface area contributed by atoms with E-state index in [1.165, 1.54) is 60.8 Å². The van der Waals surface area contributed by atoms with Gasteiger partial charge in [-0.3, -0.25) is 0 Å². The van der Waals surface area contributed by atoms with Crippen LogP contribution in [-0.4, -0.2) is 4.57 Å². The molecule has 0 amide bonds. The van der Waals surface area contributed by atoms with E-state index in [1.807, 2.05) is 12.1 Å². The maximum absolute atomic E-state index is 6.19. The second kappa shape index (κ2) is 15.3. The van der Waals surface area contributed by atoms with Gasteiger partial charge in [0.15, 0.2) is 0 Å². The van der Waals surface area contributed by atoms with Gasteiger partial charge in [0.2, 0.25) is 0 Å². The Hall–Kier alpha value is -8.40. The average molecular weight is 805 g/mol. The summed E-state index contributed by atoms with van der Waals surface area (Å²) in [5.74, 6) is 0. The van der Waals surface area contributed by atoms with Gasteiger partial charge < -0.3 is 13.9 Å². The molecule has 0 aliphatic heterocycles. The summed E-state index contributed by atoms with van der Waals surface area (Å²) in [6.07, 6.45) is 0. The van der Waals surface area contributed by atoms with Gasteiger partial charge in [-0.1, -0.05) is 170 Å². The largest absolute Gasteiger partial charge is 0.456 e. The van der Waals surface area contributed by atoms with Crippen LogP contribution in [0.4, 0.5) is 17.1 Å². The van der Waals surface area contributed by atoms with Crippen LogP contribution in [0.15, 0.2) is 247 Å². The molecule has 0 aliphatic rings. The Morgan fingerprint density at radius 1 is 0.286 bits per heavy atom. The zero-order valence-corrected chi connectivity index (χ0v) is 34.4. The van der Waals surface area contributed by atoms with E-state index in [1.54, 1.807) is 0 Å². The summed E-state index contributed by atoms with van der Waals surface area (Å²) >= 11 is 0. The molecular weight excluding hydrogens is 765 g/mol. The van der Waals surface area contributed by atoms with Crippen molar-refractivity contribution in [3.63, 3.8) is 0 Å². The van der Waals surface area contributed by atoms with E-state index in [4.69, 9.17) is 4.42 Å². The van der Waals surface area contributed by atoms with Gasteiger partial charge in [-0.15, -0.1) is 0 Å². The Balaban J connectivity index is 0.891. The van der Waals surface area contributed by atoms with Crippen LogP contribution in [-0.2, 0) is 0 Å². The van der Waals surface area contributed by atoms with Crippen LogP contribution in [0, 0.1) is 0 Å². The summed E-state index contributed by atoms with van der Waals surface area (Å²) in [6, 6.07) is 87.0. The standard InChI is InChI=1S/C60H40N2O/c1-2-11-41(12-3-1)42-21-23-43(24-22-42)45-29-33-48(34-30-45)61(50-37-39-51(40-38-50)62-56-17-7-4-13-53(56)54-14-5-8-18-57(54)62)49-35-31-46(32-36-49)44-25-27-47(28-26-44)52-16-10-20-59-60(52)55-15-6-9-19-58(55)63-59/h1-40H. The molecule has 0 saturated carbocycles. The first-order valence-corrected chi connectivity index (χ1v) is 21.5. The Morgan fingerprint density at radius 3 is 1.22 bits per heavy atom. The number of furan rings is 1. The lowest BCUT2D eigenvalue weighted by Gasteiger charge is -2.26. The van der Waals surface area contributed by atoms with E-state index in [0.29, 0.717) is 0 Å². The number of nitrogens with zero attached hydrogens (tertiary/aromatic N) is 2. The fourth-order valence-electron chi connectivity index (χ4n) is 9.35. The molecular formula is C60H40N2O. The summed E-state index contributed by atoms with van der Waals surface area (Å²) in [7, 11) is 0. The number of fused-ring (bicyclic) bond motifs is 6. The number of hydrogen-bond donors (Lipinski definition) is 0. The maximum atomic E-state index is 6.19. The van der Waals surface area contributed by atoms with Gasteiger partial charge in [0.25, 0.3) is 0 Å². The van der Waals surface area contributed by atoms with E-state index in [2.05, 4.69) is 240 Å². The second-order valence-electron chi connectivity index (χ2n) is 16.1. The van der Waals surface area contributed by atoms with Crippen LogP contribution in [0.1, 0.15) is 0 Å². The number of rotatable bonds is 8. The fourth-order valence-corrected chi connectivity index (χ4v) is 9.35. The van der Waals surface area contributed by atoms with Gasteiger partial charge in [0.1, 0.15) is 11.2 Å². The lowest BCUT2D eigenvalue weighted by Crippen LogP contribution is -2.10. The van der Waals surface area contributed by atoms with Crippen LogP contribution >= 0.6 is 0 Å². The number of aromatic nitrogens is 1. The van der Waals surface area contributed by atoms with Crippen LogP contribution in [0.25, 0.3) is 93.9 Å². The molecule has 296 valence electrons.